The van der Waals surface area contributed by atoms with Crippen molar-refractivity contribution in [3.05, 3.63) is 12.3 Å². The fraction of sp³-hybridized carbons (Fsp3) is 0.714. The van der Waals surface area contributed by atoms with Crippen LogP contribution in [0.15, 0.2) is 12.3 Å². The molecule has 2 N–H and O–H groups in total. The summed E-state index contributed by atoms with van der Waals surface area (Å²) in [4.78, 5) is 2.04. The Bertz CT molecular complexity index is 457. The summed E-state index contributed by atoms with van der Waals surface area (Å²) in [5.41, 5.74) is -0.622. The monoisotopic (exact) mass is 298 g/mol. The van der Waals surface area contributed by atoms with Crippen LogP contribution in [-0.2, 0) is 11.5 Å². The molecule has 6 heteroatoms. The van der Waals surface area contributed by atoms with Gasteiger partial charge in [0.15, 0.2) is 0 Å². The quantitative estimate of drug-likeness (QED) is 0.623. The van der Waals surface area contributed by atoms with Gasteiger partial charge in [-0.25, -0.2) is 0 Å². The highest BCUT2D eigenvalue weighted by Crippen LogP contribution is 2.31. The molecule has 0 aromatic carbocycles. The lowest BCUT2D eigenvalue weighted by molar-refractivity contribution is 0.0282. The van der Waals surface area contributed by atoms with E-state index in [-0.39, 0.29) is 5.75 Å². The van der Waals surface area contributed by atoms with E-state index < -0.39 is 13.7 Å². The van der Waals surface area contributed by atoms with Crippen molar-refractivity contribution in [3.63, 3.8) is 0 Å². The van der Waals surface area contributed by atoms with Gasteiger partial charge in [-0.15, -0.1) is 0 Å². The predicted octanol–water partition coefficient (Wildman–Crippen LogP) is 2.08. The molecular formula is C14H26N2O3Si. The zero-order chi connectivity index (χ0) is 15.0. The fourth-order valence-electron chi connectivity index (χ4n) is 2.33. The first-order valence-electron chi connectivity index (χ1n) is 7.11. The van der Waals surface area contributed by atoms with Crippen LogP contribution in [0, 0.1) is 0 Å². The van der Waals surface area contributed by atoms with Gasteiger partial charge < -0.3 is 24.4 Å². The molecular weight excluding hydrogens is 272 g/mol. The molecule has 0 atom stereocenters. The summed E-state index contributed by atoms with van der Waals surface area (Å²) in [7, 11) is -1.07. The van der Waals surface area contributed by atoms with Crippen molar-refractivity contribution in [3.8, 4) is 5.75 Å². The van der Waals surface area contributed by atoms with Gasteiger partial charge in [0.05, 0.1) is 5.60 Å². The van der Waals surface area contributed by atoms with Crippen molar-refractivity contribution < 1.29 is 14.9 Å². The second kappa shape index (κ2) is 5.42. The molecule has 1 aromatic rings. The molecule has 0 spiro atoms. The topological polar surface area (TPSA) is 57.9 Å². The second-order valence-electron chi connectivity index (χ2n) is 7.23. The Morgan fingerprint density at radius 3 is 2.55 bits per heavy atom. The minimum absolute atomic E-state index is 0.236. The van der Waals surface area contributed by atoms with Gasteiger partial charge in [-0.05, 0) is 13.0 Å². The maximum atomic E-state index is 9.81. The molecule has 0 amide bonds. The Balaban J connectivity index is 1.89. The van der Waals surface area contributed by atoms with Crippen LogP contribution in [0.3, 0.4) is 0 Å². The smallest absolute Gasteiger partial charge is 0.135 e. The number of nitrogens with zero attached hydrogens (tertiary/aromatic N) is 2. The third-order valence-corrected chi connectivity index (χ3v) is 5.18. The van der Waals surface area contributed by atoms with E-state index in [1.807, 2.05) is 16.4 Å². The maximum Gasteiger partial charge on any atom is 0.135 e. The first-order chi connectivity index (χ1) is 9.16. The van der Waals surface area contributed by atoms with Crippen molar-refractivity contribution in [1.29, 1.82) is 0 Å². The van der Waals surface area contributed by atoms with E-state index in [9.17, 15) is 10.2 Å². The normalized spacial score (nSPS) is 18.1. The Kier molecular flexibility index (Phi) is 4.18. The standard InChI is InChI=1S/C14H26N2O3Si/c1-14(18)9-16(10-14)13-7-12(17)8-15(13)11-19-5-6-20(2,3)4/h7-8,17-18H,5-6,9-11H2,1-4H3. The average molecular weight is 298 g/mol. The second-order valence-corrected chi connectivity index (χ2v) is 12.8. The van der Waals surface area contributed by atoms with Gasteiger partial charge in [0.2, 0.25) is 0 Å². The minimum atomic E-state index is -1.07. The molecule has 1 saturated heterocycles. The molecule has 0 unspecified atom stereocenters. The van der Waals surface area contributed by atoms with Crippen LogP contribution in [0.2, 0.25) is 25.7 Å². The molecule has 1 fully saturated rings. The number of hydrogen-bond donors (Lipinski definition) is 2. The summed E-state index contributed by atoms with van der Waals surface area (Å²) in [6.07, 6.45) is 1.68. The third-order valence-electron chi connectivity index (χ3n) is 3.47. The van der Waals surface area contributed by atoms with E-state index in [0.717, 1.165) is 18.5 Å². The number of aromatic nitrogens is 1. The van der Waals surface area contributed by atoms with Crippen LogP contribution < -0.4 is 4.90 Å². The van der Waals surface area contributed by atoms with Gasteiger partial charge in [0.1, 0.15) is 18.3 Å². The fourth-order valence-corrected chi connectivity index (χ4v) is 3.09. The number of aromatic hydroxyl groups is 1. The average Bonchev–Trinajstić information content (AvgIpc) is 2.61. The molecule has 0 radical (unpaired) electrons. The third kappa shape index (κ3) is 4.00. The Labute approximate surface area is 121 Å². The number of anilines is 1. The van der Waals surface area contributed by atoms with Crippen LogP contribution in [-0.4, -0.2) is 48.2 Å². The van der Waals surface area contributed by atoms with Gasteiger partial charge in [-0.2, -0.15) is 0 Å². The highest BCUT2D eigenvalue weighted by Gasteiger charge is 2.38. The van der Waals surface area contributed by atoms with Gasteiger partial charge in [0, 0.05) is 40.0 Å². The molecule has 1 aliphatic rings. The lowest BCUT2D eigenvalue weighted by atomic mass is 9.97. The molecule has 1 aromatic heterocycles. The van der Waals surface area contributed by atoms with Crippen LogP contribution >= 0.6 is 0 Å². The summed E-state index contributed by atoms with van der Waals surface area (Å²) in [6.45, 7) is 11.2. The zero-order valence-corrected chi connectivity index (χ0v) is 13.9. The van der Waals surface area contributed by atoms with Crippen molar-refractivity contribution in [2.24, 2.45) is 0 Å². The van der Waals surface area contributed by atoms with Crippen molar-refractivity contribution >= 4 is 13.9 Å². The van der Waals surface area contributed by atoms with Crippen LogP contribution in [0.25, 0.3) is 0 Å². The van der Waals surface area contributed by atoms with E-state index in [1.165, 1.54) is 0 Å². The largest absolute Gasteiger partial charge is 0.506 e. The molecule has 0 saturated carbocycles. The molecule has 0 aliphatic carbocycles. The number of hydrogen-bond acceptors (Lipinski definition) is 4. The van der Waals surface area contributed by atoms with E-state index in [0.29, 0.717) is 19.8 Å². The molecule has 114 valence electrons. The van der Waals surface area contributed by atoms with Gasteiger partial charge >= 0.3 is 0 Å². The van der Waals surface area contributed by atoms with E-state index in [1.54, 1.807) is 12.3 Å². The first kappa shape index (κ1) is 15.4. The van der Waals surface area contributed by atoms with Crippen LogP contribution in [0.5, 0.6) is 5.75 Å². The number of β-amino-alcohol motifs (C(OH)–C–C–N with tert-alkyl or cyclic N) is 1. The van der Waals surface area contributed by atoms with E-state index in [2.05, 4.69) is 19.6 Å². The Hall–Kier alpha value is -0.983. The Morgan fingerprint density at radius 1 is 1.35 bits per heavy atom. The first-order valence-corrected chi connectivity index (χ1v) is 10.8. The number of aliphatic hydroxyl groups is 1. The van der Waals surface area contributed by atoms with Crippen molar-refractivity contribution in [1.82, 2.24) is 4.57 Å². The molecule has 2 heterocycles. The molecule has 20 heavy (non-hydrogen) atoms. The van der Waals surface area contributed by atoms with Crippen LogP contribution in [0.4, 0.5) is 5.82 Å². The number of ether oxygens (including phenoxy) is 1. The van der Waals surface area contributed by atoms with E-state index in [4.69, 9.17) is 4.74 Å². The van der Waals surface area contributed by atoms with Crippen molar-refractivity contribution in [2.45, 2.75) is 44.9 Å². The molecule has 5 nitrogen and oxygen atoms in total. The number of rotatable bonds is 6. The lowest BCUT2D eigenvalue weighted by Gasteiger charge is -2.45. The summed E-state index contributed by atoms with van der Waals surface area (Å²) in [5.74, 6) is 1.14. The van der Waals surface area contributed by atoms with Crippen molar-refractivity contribution in [2.75, 3.05) is 24.6 Å². The summed E-state index contributed by atoms with van der Waals surface area (Å²) < 4.78 is 7.62. The van der Waals surface area contributed by atoms with E-state index >= 15 is 0 Å². The summed E-state index contributed by atoms with van der Waals surface area (Å²) in [6, 6.07) is 2.85. The van der Waals surface area contributed by atoms with Gasteiger partial charge in [-0.3, -0.25) is 0 Å². The predicted molar refractivity (Wildman–Crippen MR) is 83.0 cm³/mol. The minimum Gasteiger partial charge on any atom is -0.506 e. The highest BCUT2D eigenvalue weighted by atomic mass is 28.3. The summed E-state index contributed by atoms with van der Waals surface area (Å²) >= 11 is 0. The molecule has 0 bridgehead atoms. The van der Waals surface area contributed by atoms with Crippen LogP contribution in [0.1, 0.15) is 6.92 Å². The highest BCUT2D eigenvalue weighted by molar-refractivity contribution is 6.76. The summed E-state index contributed by atoms with van der Waals surface area (Å²) in [5, 5.41) is 19.5. The van der Waals surface area contributed by atoms with Gasteiger partial charge in [0.25, 0.3) is 0 Å². The molecule has 2 rings (SSSR count). The maximum absolute atomic E-state index is 9.81. The van der Waals surface area contributed by atoms with Gasteiger partial charge in [-0.1, -0.05) is 19.6 Å². The zero-order valence-electron chi connectivity index (χ0n) is 12.9. The SMILES string of the molecule is CC1(O)CN(c2cc(O)cn2COCC[Si](C)(C)C)C1. The Morgan fingerprint density at radius 2 is 2.00 bits per heavy atom. The molecule has 1 aliphatic heterocycles. The lowest BCUT2D eigenvalue weighted by Crippen LogP contribution is -2.60.